The molecule has 0 radical (unpaired) electrons. The van der Waals surface area contributed by atoms with Gasteiger partial charge in [0.25, 0.3) is 0 Å². The van der Waals surface area contributed by atoms with Gasteiger partial charge >= 0.3 is 0 Å². The van der Waals surface area contributed by atoms with Crippen molar-refractivity contribution in [3.63, 3.8) is 0 Å². The van der Waals surface area contributed by atoms with Gasteiger partial charge in [0.1, 0.15) is 5.75 Å². The summed E-state index contributed by atoms with van der Waals surface area (Å²) in [6.45, 7) is 1.97. The van der Waals surface area contributed by atoms with E-state index in [0.717, 1.165) is 28.7 Å². The highest BCUT2D eigenvalue weighted by molar-refractivity contribution is 5.86. The summed E-state index contributed by atoms with van der Waals surface area (Å²) < 4.78 is 24.0. The van der Waals surface area contributed by atoms with Crippen molar-refractivity contribution < 1.29 is 33.3 Å². The molecule has 0 spiro atoms. The lowest BCUT2D eigenvalue weighted by atomic mass is 9.87. The van der Waals surface area contributed by atoms with Gasteiger partial charge in [-0.2, -0.15) is 0 Å². The van der Waals surface area contributed by atoms with Crippen molar-refractivity contribution >= 4 is 17.7 Å². The molecule has 0 aromatic heterocycles. The molecule has 4 heterocycles. The second-order valence-corrected chi connectivity index (χ2v) is 11.6. The number of carbonyl (C=O) groups excluding carboxylic acids is 3. The summed E-state index contributed by atoms with van der Waals surface area (Å²) in [4.78, 5) is 42.3. The molecule has 4 aliphatic heterocycles. The van der Waals surface area contributed by atoms with Crippen LogP contribution in [0.3, 0.4) is 0 Å². The largest absolute Gasteiger partial charge is 0.493 e. The zero-order valence-electron chi connectivity index (χ0n) is 25.8. The molecule has 45 heavy (non-hydrogen) atoms. The molecule has 7 rings (SSSR count). The molecule has 236 valence electrons. The number of carbonyl (C=O) groups is 3. The molecule has 10 nitrogen and oxygen atoms in total. The molecule has 10 heteroatoms. The Kier molecular flexibility index (Phi) is 9.09. The van der Waals surface area contributed by atoms with Crippen LogP contribution >= 0.6 is 0 Å². The highest BCUT2D eigenvalue weighted by atomic mass is 16.5. The Hall–Kier alpha value is -4.73. The van der Waals surface area contributed by atoms with Crippen molar-refractivity contribution in [1.82, 2.24) is 15.1 Å². The Morgan fingerprint density at radius 3 is 2.58 bits per heavy atom. The molecule has 3 aromatic carbocycles. The molecule has 0 saturated carbocycles. The van der Waals surface area contributed by atoms with Gasteiger partial charge in [0, 0.05) is 32.5 Å². The third-order valence-corrected chi connectivity index (χ3v) is 8.64. The second kappa shape index (κ2) is 13.5. The molecule has 1 saturated heterocycles. The average Bonchev–Trinajstić information content (AvgIpc) is 3.46. The van der Waals surface area contributed by atoms with Gasteiger partial charge in [-0.15, -0.1) is 0 Å². The highest BCUT2D eigenvalue weighted by Gasteiger charge is 2.35. The number of fused-ring (bicyclic) bond motifs is 8. The molecule has 1 fully saturated rings. The van der Waals surface area contributed by atoms with Crippen LogP contribution in [0.15, 0.2) is 54.6 Å². The van der Waals surface area contributed by atoms with E-state index in [4.69, 9.17) is 18.9 Å². The number of aryl methyl sites for hydroxylation is 1. The Morgan fingerprint density at radius 2 is 1.78 bits per heavy atom. The zero-order chi connectivity index (χ0) is 31.3. The SMILES string of the molecule is COc1ccc2cc1OCCCNC(=O)CCc1cccc(c1)Oc1cc3c(cc1OC)C2N(C(=O)CN1CCCC1=O)CC3. The first-order chi connectivity index (χ1) is 21.9. The van der Waals surface area contributed by atoms with E-state index in [1.165, 1.54) is 0 Å². The maximum Gasteiger partial charge on any atom is 0.242 e. The van der Waals surface area contributed by atoms with Crippen LogP contribution in [0.2, 0.25) is 0 Å². The van der Waals surface area contributed by atoms with Crippen LogP contribution in [-0.4, -0.2) is 74.5 Å². The Labute approximate surface area is 263 Å². The van der Waals surface area contributed by atoms with Crippen LogP contribution in [0.4, 0.5) is 0 Å². The van der Waals surface area contributed by atoms with Gasteiger partial charge in [-0.3, -0.25) is 14.4 Å². The Balaban J connectivity index is 1.43. The quantitative estimate of drug-likeness (QED) is 0.464. The van der Waals surface area contributed by atoms with E-state index in [9.17, 15) is 14.4 Å². The third-order valence-electron chi connectivity index (χ3n) is 8.64. The van der Waals surface area contributed by atoms with Crippen molar-refractivity contribution in [3.05, 3.63) is 76.9 Å². The van der Waals surface area contributed by atoms with Crippen molar-refractivity contribution in [2.75, 3.05) is 47.0 Å². The Bertz CT molecular complexity index is 1590. The number of amides is 3. The fraction of sp³-hybridized carbons (Fsp3) is 0.400. The Morgan fingerprint density at radius 1 is 0.911 bits per heavy atom. The van der Waals surface area contributed by atoms with E-state index in [2.05, 4.69) is 5.32 Å². The molecule has 0 aliphatic carbocycles. The first-order valence-electron chi connectivity index (χ1n) is 15.6. The fourth-order valence-corrected chi connectivity index (χ4v) is 6.32. The highest BCUT2D eigenvalue weighted by Crippen LogP contribution is 2.44. The molecule has 1 atom stereocenters. The lowest BCUT2D eigenvalue weighted by molar-refractivity contribution is -0.139. The first-order valence-corrected chi connectivity index (χ1v) is 15.6. The topological polar surface area (TPSA) is 107 Å². The zero-order valence-corrected chi connectivity index (χ0v) is 25.8. The van der Waals surface area contributed by atoms with Gasteiger partial charge in [-0.05, 0) is 84.3 Å². The first kappa shape index (κ1) is 30.3. The summed E-state index contributed by atoms with van der Waals surface area (Å²) in [6, 6.07) is 16.9. The lowest BCUT2D eigenvalue weighted by Gasteiger charge is -2.39. The summed E-state index contributed by atoms with van der Waals surface area (Å²) in [7, 11) is 3.19. The number of nitrogens with zero attached hydrogens (tertiary/aromatic N) is 2. The second-order valence-electron chi connectivity index (χ2n) is 11.6. The van der Waals surface area contributed by atoms with Crippen molar-refractivity contribution in [2.24, 2.45) is 0 Å². The normalized spacial score (nSPS) is 18.5. The van der Waals surface area contributed by atoms with E-state index in [-0.39, 0.29) is 24.3 Å². The smallest absolute Gasteiger partial charge is 0.242 e. The molecule has 4 aliphatic rings. The molecule has 3 amide bonds. The molecule has 3 aromatic rings. The lowest BCUT2D eigenvalue weighted by Crippen LogP contribution is -2.46. The molecule has 1 N–H and O–H groups in total. The van der Waals surface area contributed by atoms with E-state index in [0.29, 0.717) is 87.1 Å². The summed E-state index contributed by atoms with van der Waals surface area (Å²) in [5.41, 5.74) is 3.80. The van der Waals surface area contributed by atoms with Gasteiger partial charge in [-0.1, -0.05) is 18.2 Å². The molecular weight excluding hydrogens is 574 g/mol. The van der Waals surface area contributed by atoms with Crippen LogP contribution in [0.1, 0.15) is 54.0 Å². The summed E-state index contributed by atoms with van der Waals surface area (Å²) >= 11 is 0. The maximum atomic E-state index is 13.9. The fourth-order valence-electron chi connectivity index (χ4n) is 6.32. The minimum atomic E-state index is -0.455. The predicted molar refractivity (Wildman–Crippen MR) is 167 cm³/mol. The van der Waals surface area contributed by atoms with Crippen LogP contribution in [0.25, 0.3) is 0 Å². The number of hydrogen-bond acceptors (Lipinski definition) is 7. The van der Waals surface area contributed by atoms with E-state index >= 15 is 0 Å². The minimum absolute atomic E-state index is 0.0147. The van der Waals surface area contributed by atoms with Crippen LogP contribution in [-0.2, 0) is 27.2 Å². The van der Waals surface area contributed by atoms with Crippen molar-refractivity contribution in [3.8, 4) is 28.7 Å². The summed E-state index contributed by atoms with van der Waals surface area (Å²) in [6.07, 6.45) is 3.42. The number of rotatable bonds is 4. The average molecular weight is 614 g/mol. The van der Waals surface area contributed by atoms with E-state index in [1.54, 1.807) is 19.1 Å². The van der Waals surface area contributed by atoms with Crippen LogP contribution < -0.4 is 24.3 Å². The maximum absolute atomic E-state index is 13.9. The van der Waals surface area contributed by atoms with Crippen LogP contribution in [0, 0.1) is 0 Å². The standard InChI is InChI=1S/C35H39N3O7/c1-42-28-11-10-25-20-30(28)44-17-5-14-36-32(39)12-9-23-6-3-7-26(18-23)45-31-19-24-13-16-38(35(25)27(24)21-29(31)43-2)34(41)22-37-15-4-8-33(37)40/h3,6-7,10-11,18-21,35H,4-5,8-9,12-17,22H2,1-2H3,(H,36,39). The summed E-state index contributed by atoms with van der Waals surface area (Å²) in [5, 5.41) is 2.97. The van der Waals surface area contributed by atoms with Gasteiger partial charge in [0.2, 0.25) is 17.7 Å². The predicted octanol–water partition coefficient (Wildman–Crippen LogP) is 4.42. The van der Waals surface area contributed by atoms with Crippen LogP contribution in [0.5, 0.6) is 28.7 Å². The number of ether oxygens (including phenoxy) is 4. The summed E-state index contributed by atoms with van der Waals surface area (Å²) in [5.74, 6) is 2.76. The monoisotopic (exact) mass is 613 g/mol. The van der Waals surface area contributed by atoms with Gasteiger partial charge < -0.3 is 34.1 Å². The van der Waals surface area contributed by atoms with Gasteiger partial charge in [-0.25, -0.2) is 0 Å². The van der Waals surface area contributed by atoms with Gasteiger partial charge in [0.15, 0.2) is 23.0 Å². The number of hydrogen-bond donors (Lipinski definition) is 1. The molecular formula is C35H39N3O7. The number of likely N-dealkylation sites (tertiary alicyclic amines) is 1. The van der Waals surface area contributed by atoms with Crippen molar-refractivity contribution in [2.45, 2.75) is 44.6 Å². The number of methoxy groups -OCH3 is 2. The minimum Gasteiger partial charge on any atom is -0.493 e. The van der Waals surface area contributed by atoms with E-state index in [1.807, 2.05) is 59.5 Å². The van der Waals surface area contributed by atoms with E-state index < -0.39 is 6.04 Å². The third kappa shape index (κ3) is 6.69. The number of nitrogens with one attached hydrogen (secondary N) is 1. The number of benzene rings is 3. The van der Waals surface area contributed by atoms with Crippen molar-refractivity contribution in [1.29, 1.82) is 0 Å². The molecule has 1 unspecified atom stereocenters. The van der Waals surface area contributed by atoms with Gasteiger partial charge in [0.05, 0.1) is 33.4 Å². The molecule has 8 bridgehead atoms.